The molecule has 0 aliphatic carbocycles. The Morgan fingerprint density at radius 3 is 2.13 bits per heavy atom. The summed E-state index contributed by atoms with van der Waals surface area (Å²) >= 11 is 0. The Morgan fingerprint density at radius 2 is 1.80 bits per heavy atom. The van der Waals surface area contributed by atoms with Gasteiger partial charge in [-0.3, -0.25) is 19.3 Å². The van der Waals surface area contributed by atoms with Crippen LogP contribution in [0.3, 0.4) is 0 Å². The molecule has 0 aromatic carbocycles. The van der Waals surface area contributed by atoms with Gasteiger partial charge in [-0.05, 0) is 0 Å². The minimum absolute atomic E-state index is 0.0125. The lowest BCUT2D eigenvalue weighted by Crippen LogP contribution is -2.46. The quantitative estimate of drug-likeness (QED) is 0.550. The van der Waals surface area contributed by atoms with E-state index in [-0.39, 0.29) is 12.8 Å². The molecule has 0 bridgehead atoms. The van der Waals surface area contributed by atoms with Gasteiger partial charge in [0.1, 0.15) is 6.04 Å². The zero-order chi connectivity index (χ0) is 11.6. The molecule has 1 aliphatic rings. The lowest BCUT2D eigenvalue weighted by atomic mass is 10.2. The van der Waals surface area contributed by atoms with E-state index in [0.29, 0.717) is 4.90 Å². The standard InChI is InChI=1S/C8H10N2O5/c9-5(11)3-4(8(14)15)10-6(12)1-2-7(10)13/h4H,1-3H2,(H2,9,11)(H,14,15)/t4-/m0/s1. The van der Waals surface area contributed by atoms with Gasteiger partial charge in [-0.2, -0.15) is 0 Å². The molecule has 7 heteroatoms. The number of imide groups is 1. The van der Waals surface area contributed by atoms with E-state index in [2.05, 4.69) is 0 Å². The molecule has 3 N–H and O–H groups in total. The first kappa shape index (κ1) is 11.2. The Labute approximate surface area is 84.8 Å². The maximum absolute atomic E-state index is 11.2. The molecule has 15 heavy (non-hydrogen) atoms. The molecule has 1 atom stereocenters. The number of aliphatic carboxylic acids is 1. The molecule has 1 saturated heterocycles. The Bertz CT molecular complexity index is 322. The predicted octanol–water partition coefficient (Wildman–Crippen LogP) is -1.54. The number of nitrogens with two attached hydrogens (primary N) is 1. The third-order valence-corrected chi connectivity index (χ3v) is 2.08. The summed E-state index contributed by atoms with van der Waals surface area (Å²) in [5.74, 6) is -3.42. The smallest absolute Gasteiger partial charge is 0.327 e. The average Bonchev–Trinajstić information content (AvgIpc) is 2.42. The molecule has 1 aliphatic heterocycles. The fourth-order valence-corrected chi connectivity index (χ4v) is 1.42. The number of carboxylic acid groups (broad SMARTS) is 1. The third kappa shape index (κ3) is 2.30. The monoisotopic (exact) mass is 214 g/mol. The number of nitrogens with zero attached hydrogens (tertiary/aromatic N) is 1. The summed E-state index contributed by atoms with van der Waals surface area (Å²) in [5.41, 5.74) is 4.84. The van der Waals surface area contributed by atoms with E-state index in [9.17, 15) is 19.2 Å². The van der Waals surface area contributed by atoms with Gasteiger partial charge in [0.15, 0.2) is 0 Å². The lowest BCUT2D eigenvalue weighted by molar-refractivity contribution is -0.155. The number of rotatable bonds is 4. The molecule has 1 fully saturated rings. The minimum atomic E-state index is -1.47. The highest BCUT2D eigenvalue weighted by molar-refractivity contribution is 6.05. The second-order valence-corrected chi connectivity index (χ2v) is 3.18. The van der Waals surface area contributed by atoms with Gasteiger partial charge < -0.3 is 10.8 Å². The number of carbonyl (C=O) groups is 4. The Balaban J connectivity index is 2.88. The van der Waals surface area contributed by atoms with Crippen molar-refractivity contribution in [3.63, 3.8) is 0 Å². The average molecular weight is 214 g/mol. The molecular formula is C8H10N2O5. The number of likely N-dealkylation sites (tertiary alicyclic amines) is 1. The van der Waals surface area contributed by atoms with Crippen LogP contribution in [-0.2, 0) is 19.2 Å². The summed E-state index contributed by atoms with van der Waals surface area (Å²) in [6, 6.07) is -1.47. The maximum Gasteiger partial charge on any atom is 0.327 e. The number of hydrogen-bond acceptors (Lipinski definition) is 4. The molecular weight excluding hydrogens is 204 g/mol. The third-order valence-electron chi connectivity index (χ3n) is 2.08. The van der Waals surface area contributed by atoms with Crippen LogP contribution in [0.15, 0.2) is 0 Å². The zero-order valence-corrected chi connectivity index (χ0v) is 7.80. The van der Waals surface area contributed by atoms with Crippen LogP contribution in [0.25, 0.3) is 0 Å². The number of carbonyl (C=O) groups excluding carboxylic acids is 3. The van der Waals surface area contributed by atoms with Gasteiger partial charge >= 0.3 is 5.97 Å². The fourth-order valence-electron chi connectivity index (χ4n) is 1.42. The van der Waals surface area contributed by atoms with Crippen molar-refractivity contribution in [2.24, 2.45) is 5.73 Å². The van der Waals surface area contributed by atoms with Crippen molar-refractivity contribution in [2.75, 3.05) is 0 Å². The number of primary amides is 1. The molecule has 0 saturated carbocycles. The molecule has 82 valence electrons. The van der Waals surface area contributed by atoms with E-state index in [0.717, 1.165) is 0 Å². The number of carboxylic acids is 1. The highest BCUT2D eigenvalue weighted by Crippen LogP contribution is 2.17. The van der Waals surface area contributed by atoms with Gasteiger partial charge in [-0.25, -0.2) is 4.79 Å². The van der Waals surface area contributed by atoms with Crippen molar-refractivity contribution < 1.29 is 24.3 Å². The van der Waals surface area contributed by atoms with Gasteiger partial charge in [0, 0.05) is 12.8 Å². The minimum Gasteiger partial charge on any atom is -0.480 e. The summed E-state index contributed by atoms with van der Waals surface area (Å²) in [5, 5.41) is 8.76. The summed E-state index contributed by atoms with van der Waals surface area (Å²) in [6.07, 6.45) is -0.574. The summed E-state index contributed by atoms with van der Waals surface area (Å²) < 4.78 is 0. The van der Waals surface area contributed by atoms with E-state index in [4.69, 9.17) is 10.8 Å². The predicted molar refractivity (Wildman–Crippen MR) is 46.3 cm³/mol. The summed E-state index contributed by atoms with van der Waals surface area (Å²) in [4.78, 5) is 44.4. The van der Waals surface area contributed by atoms with Crippen LogP contribution in [-0.4, -0.2) is 39.7 Å². The summed E-state index contributed by atoms with van der Waals surface area (Å²) in [7, 11) is 0. The molecule has 0 unspecified atom stereocenters. The van der Waals surface area contributed by atoms with Crippen molar-refractivity contribution in [2.45, 2.75) is 25.3 Å². The van der Waals surface area contributed by atoms with Crippen LogP contribution < -0.4 is 5.73 Å². The van der Waals surface area contributed by atoms with Gasteiger partial charge in [0.05, 0.1) is 6.42 Å². The van der Waals surface area contributed by atoms with E-state index in [1.54, 1.807) is 0 Å². The number of hydrogen-bond donors (Lipinski definition) is 2. The molecule has 0 radical (unpaired) electrons. The highest BCUT2D eigenvalue weighted by Gasteiger charge is 2.39. The van der Waals surface area contributed by atoms with E-state index < -0.39 is 36.2 Å². The molecule has 1 heterocycles. The first-order chi connectivity index (χ1) is 6.93. The van der Waals surface area contributed by atoms with Crippen molar-refractivity contribution in [3.05, 3.63) is 0 Å². The van der Waals surface area contributed by atoms with Crippen LogP contribution in [0.5, 0.6) is 0 Å². The SMILES string of the molecule is NC(=O)C[C@@H](C(=O)O)N1C(=O)CCC1=O. The Hall–Kier alpha value is -1.92. The van der Waals surface area contributed by atoms with Gasteiger partial charge in [0.25, 0.3) is 0 Å². The Morgan fingerprint density at radius 1 is 1.33 bits per heavy atom. The first-order valence-electron chi connectivity index (χ1n) is 4.29. The molecule has 0 spiro atoms. The van der Waals surface area contributed by atoms with Crippen LogP contribution in [0, 0.1) is 0 Å². The topological polar surface area (TPSA) is 118 Å². The Kier molecular flexibility index (Phi) is 3.03. The fraction of sp³-hybridized carbons (Fsp3) is 0.500. The van der Waals surface area contributed by atoms with Crippen LogP contribution in [0.2, 0.25) is 0 Å². The van der Waals surface area contributed by atoms with Crippen molar-refractivity contribution >= 4 is 23.7 Å². The molecule has 0 aromatic heterocycles. The zero-order valence-electron chi connectivity index (χ0n) is 7.80. The molecule has 7 nitrogen and oxygen atoms in total. The van der Waals surface area contributed by atoms with Gasteiger partial charge in [-0.15, -0.1) is 0 Å². The van der Waals surface area contributed by atoms with Gasteiger partial charge in [0.2, 0.25) is 17.7 Å². The number of amides is 3. The second kappa shape index (κ2) is 4.07. The lowest BCUT2D eigenvalue weighted by Gasteiger charge is -2.20. The van der Waals surface area contributed by atoms with Crippen molar-refractivity contribution in [1.82, 2.24) is 4.90 Å². The highest BCUT2D eigenvalue weighted by atomic mass is 16.4. The first-order valence-corrected chi connectivity index (χ1v) is 4.29. The van der Waals surface area contributed by atoms with Crippen molar-refractivity contribution in [1.29, 1.82) is 0 Å². The normalized spacial score (nSPS) is 18.0. The van der Waals surface area contributed by atoms with E-state index >= 15 is 0 Å². The second-order valence-electron chi connectivity index (χ2n) is 3.18. The maximum atomic E-state index is 11.2. The van der Waals surface area contributed by atoms with E-state index in [1.807, 2.05) is 0 Å². The molecule has 0 aromatic rings. The van der Waals surface area contributed by atoms with Crippen LogP contribution in [0.4, 0.5) is 0 Å². The van der Waals surface area contributed by atoms with E-state index in [1.165, 1.54) is 0 Å². The molecule has 3 amide bonds. The van der Waals surface area contributed by atoms with Crippen LogP contribution >= 0.6 is 0 Å². The molecule has 1 rings (SSSR count). The van der Waals surface area contributed by atoms with Crippen molar-refractivity contribution in [3.8, 4) is 0 Å². The summed E-state index contributed by atoms with van der Waals surface area (Å²) in [6.45, 7) is 0. The largest absolute Gasteiger partial charge is 0.480 e. The van der Waals surface area contributed by atoms with Gasteiger partial charge in [-0.1, -0.05) is 0 Å². The van der Waals surface area contributed by atoms with Crippen LogP contribution in [0.1, 0.15) is 19.3 Å².